The summed E-state index contributed by atoms with van der Waals surface area (Å²) < 4.78 is 4.82. The van der Waals surface area contributed by atoms with Crippen LogP contribution in [0.3, 0.4) is 0 Å². The predicted octanol–water partition coefficient (Wildman–Crippen LogP) is 0.0538. The fourth-order valence-electron chi connectivity index (χ4n) is 1.73. The van der Waals surface area contributed by atoms with E-state index >= 15 is 0 Å². The maximum Gasteiger partial charge on any atom is 0.328 e. The second-order valence-electron chi connectivity index (χ2n) is 4.03. The van der Waals surface area contributed by atoms with E-state index in [1.165, 1.54) is 0 Å². The Kier molecular flexibility index (Phi) is 5.25. The summed E-state index contributed by atoms with van der Waals surface area (Å²) in [5.41, 5.74) is 0. The number of ether oxygens (including phenoxy) is 1. The van der Waals surface area contributed by atoms with Crippen LogP contribution in [0, 0.1) is 5.92 Å². The zero-order valence-electron chi connectivity index (χ0n) is 9.91. The summed E-state index contributed by atoms with van der Waals surface area (Å²) in [6, 6.07) is -0.561. The van der Waals surface area contributed by atoms with Crippen molar-refractivity contribution in [3.8, 4) is 0 Å². The molecular formula is C11H20N2O3. The molecule has 0 aliphatic carbocycles. The number of hydrogen-bond donors (Lipinski definition) is 2. The predicted molar refractivity (Wildman–Crippen MR) is 59.8 cm³/mol. The van der Waals surface area contributed by atoms with E-state index in [1.54, 1.807) is 13.8 Å². The van der Waals surface area contributed by atoms with Gasteiger partial charge in [0.2, 0.25) is 5.91 Å². The number of carbonyl (C=O) groups excluding carboxylic acids is 2. The molecule has 0 radical (unpaired) electrons. The maximum atomic E-state index is 11.8. The van der Waals surface area contributed by atoms with Crippen molar-refractivity contribution >= 4 is 11.9 Å². The largest absolute Gasteiger partial charge is 0.464 e. The lowest BCUT2D eigenvalue weighted by Gasteiger charge is -2.23. The van der Waals surface area contributed by atoms with Crippen LogP contribution in [0.1, 0.15) is 26.7 Å². The van der Waals surface area contributed by atoms with Gasteiger partial charge < -0.3 is 15.4 Å². The van der Waals surface area contributed by atoms with E-state index in [4.69, 9.17) is 4.74 Å². The van der Waals surface area contributed by atoms with Crippen LogP contribution < -0.4 is 10.6 Å². The second kappa shape index (κ2) is 6.48. The van der Waals surface area contributed by atoms with Gasteiger partial charge in [-0.1, -0.05) is 0 Å². The molecular weight excluding hydrogens is 208 g/mol. The summed E-state index contributed by atoms with van der Waals surface area (Å²) >= 11 is 0. The van der Waals surface area contributed by atoms with Gasteiger partial charge in [0.1, 0.15) is 6.04 Å². The number of amides is 1. The van der Waals surface area contributed by atoms with Gasteiger partial charge in [0.05, 0.1) is 12.5 Å². The van der Waals surface area contributed by atoms with E-state index in [2.05, 4.69) is 10.6 Å². The molecule has 0 aromatic carbocycles. The van der Waals surface area contributed by atoms with Crippen molar-refractivity contribution in [2.75, 3.05) is 19.7 Å². The summed E-state index contributed by atoms with van der Waals surface area (Å²) in [5.74, 6) is -0.460. The van der Waals surface area contributed by atoms with Crippen LogP contribution in [0.15, 0.2) is 0 Å². The number of piperidine rings is 1. The lowest BCUT2D eigenvalue weighted by Crippen LogP contribution is -2.46. The van der Waals surface area contributed by atoms with Gasteiger partial charge in [-0.15, -0.1) is 0 Å². The topological polar surface area (TPSA) is 67.4 Å². The molecule has 0 aromatic rings. The Morgan fingerprint density at radius 2 is 2.31 bits per heavy atom. The van der Waals surface area contributed by atoms with E-state index in [1.807, 2.05) is 0 Å². The van der Waals surface area contributed by atoms with Crippen molar-refractivity contribution in [2.45, 2.75) is 32.7 Å². The van der Waals surface area contributed by atoms with Crippen molar-refractivity contribution in [1.29, 1.82) is 0 Å². The molecule has 2 N–H and O–H groups in total. The summed E-state index contributed by atoms with van der Waals surface area (Å²) in [7, 11) is 0. The monoisotopic (exact) mass is 228 g/mol. The van der Waals surface area contributed by atoms with E-state index in [0.717, 1.165) is 19.4 Å². The van der Waals surface area contributed by atoms with Crippen molar-refractivity contribution in [2.24, 2.45) is 5.92 Å². The SMILES string of the molecule is CCOC(=O)C(C)NC(=O)C1CCCNC1. The van der Waals surface area contributed by atoms with E-state index < -0.39 is 6.04 Å². The molecule has 5 nitrogen and oxygen atoms in total. The Balaban J connectivity index is 2.34. The quantitative estimate of drug-likeness (QED) is 0.667. The zero-order chi connectivity index (χ0) is 12.0. The molecule has 1 heterocycles. The molecule has 0 saturated carbocycles. The zero-order valence-corrected chi connectivity index (χ0v) is 9.91. The van der Waals surface area contributed by atoms with Crippen molar-refractivity contribution < 1.29 is 14.3 Å². The first-order valence-electron chi connectivity index (χ1n) is 5.83. The van der Waals surface area contributed by atoms with Crippen LogP contribution in [0.2, 0.25) is 0 Å². The lowest BCUT2D eigenvalue weighted by molar-refractivity contribution is -0.147. The van der Waals surface area contributed by atoms with E-state index in [-0.39, 0.29) is 17.8 Å². The maximum absolute atomic E-state index is 11.8. The second-order valence-corrected chi connectivity index (χ2v) is 4.03. The highest BCUT2D eigenvalue weighted by Crippen LogP contribution is 2.10. The van der Waals surface area contributed by atoms with Crippen LogP contribution in [0.4, 0.5) is 0 Å². The minimum Gasteiger partial charge on any atom is -0.464 e. The minimum atomic E-state index is -0.561. The summed E-state index contributed by atoms with van der Waals surface area (Å²) in [5, 5.41) is 5.85. The summed E-state index contributed by atoms with van der Waals surface area (Å²) in [6.07, 6.45) is 1.89. The highest BCUT2D eigenvalue weighted by Gasteiger charge is 2.24. The van der Waals surface area contributed by atoms with E-state index in [0.29, 0.717) is 13.2 Å². The molecule has 0 aromatic heterocycles. The number of rotatable bonds is 4. The molecule has 0 spiro atoms. The average Bonchev–Trinajstić information content (AvgIpc) is 2.30. The Hall–Kier alpha value is -1.10. The minimum absolute atomic E-state index is 0.0226. The van der Waals surface area contributed by atoms with E-state index in [9.17, 15) is 9.59 Å². The van der Waals surface area contributed by atoms with Gasteiger partial charge in [-0.05, 0) is 33.2 Å². The molecule has 2 atom stereocenters. The molecule has 0 bridgehead atoms. The van der Waals surface area contributed by atoms with Crippen LogP contribution >= 0.6 is 0 Å². The smallest absolute Gasteiger partial charge is 0.328 e. The van der Waals surface area contributed by atoms with Crippen LogP contribution in [-0.4, -0.2) is 37.6 Å². The van der Waals surface area contributed by atoms with Gasteiger partial charge >= 0.3 is 5.97 Å². The molecule has 1 aliphatic rings. The number of hydrogen-bond acceptors (Lipinski definition) is 4. The molecule has 1 rings (SSSR count). The lowest BCUT2D eigenvalue weighted by atomic mass is 9.98. The standard InChI is InChI=1S/C11H20N2O3/c1-3-16-11(15)8(2)13-10(14)9-5-4-6-12-7-9/h8-9,12H,3-7H2,1-2H3,(H,13,14). The molecule has 1 aliphatic heterocycles. The van der Waals surface area contributed by atoms with Gasteiger partial charge in [-0.25, -0.2) is 4.79 Å². The van der Waals surface area contributed by atoms with Gasteiger partial charge in [-0.2, -0.15) is 0 Å². The number of esters is 1. The highest BCUT2D eigenvalue weighted by molar-refractivity contribution is 5.85. The van der Waals surface area contributed by atoms with Gasteiger partial charge in [0, 0.05) is 6.54 Å². The summed E-state index contributed by atoms with van der Waals surface area (Å²) in [4.78, 5) is 23.1. The number of nitrogens with one attached hydrogen (secondary N) is 2. The van der Waals surface area contributed by atoms with Crippen LogP contribution in [-0.2, 0) is 14.3 Å². The average molecular weight is 228 g/mol. The molecule has 5 heteroatoms. The fraction of sp³-hybridized carbons (Fsp3) is 0.818. The van der Waals surface area contributed by atoms with Crippen LogP contribution in [0.25, 0.3) is 0 Å². The molecule has 16 heavy (non-hydrogen) atoms. The first-order chi connectivity index (χ1) is 7.65. The molecule has 1 saturated heterocycles. The van der Waals surface area contributed by atoms with Crippen LogP contribution in [0.5, 0.6) is 0 Å². The first-order valence-corrected chi connectivity index (χ1v) is 5.83. The van der Waals surface area contributed by atoms with Gasteiger partial charge in [-0.3, -0.25) is 4.79 Å². The molecule has 1 amide bonds. The third-order valence-electron chi connectivity index (χ3n) is 2.67. The molecule has 92 valence electrons. The number of carbonyl (C=O) groups is 2. The fourth-order valence-corrected chi connectivity index (χ4v) is 1.73. The Labute approximate surface area is 95.9 Å². The van der Waals surface area contributed by atoms with Crippen molar-refractivity contribution in [3.05, 3.63) is 0 Å². The van der Waals surface area contributed by atoms with Crippen molar-refractivity contribution in [1.82, 2.24) is 10.6 Å². The van der Waals surface area contributed by atoms with Crippen molar-refractivity contribution in [3.63, 3.8) is 0 Å². The molecule has 1 fully saturated rings. The Morgan fingerprint density at radius 1 is 1.56 bits per heavy atom. The van der Waals surface area contributed by atoms with Gasteiger partial charge in [0.25, 0.3) is 0 Å². The molecule has 2 unspecified atom stereocenters. The third-order valence-corrected chi connectivity index (χ3v) is 2.67. The first kappa shape index (κ1) is 13.0. The highest BCUT2D eigenvalue weighted by atomic mass is 16.5. The normalized spacial score (nSPS) is 22.2. The summed E-state index contributed by atoms with van der Waals surface area (Å²) in [6.45, 7) is 5.40. The Bertz CT molecular complexity index is 250. The Morgan fingerprint density at radius 3 is 2.88 bits per heavy atom. The van der Waals surface area contributed by atoms with Gasteiger partial charge in [0.15, 0.2) is 0 Å². The third kappa shape index (κ3) is 3.81.